The molecule has 2 atom stereocenters. The second kappa shape index (κ2) is 14.3. The number of amides is 2. The molecule has 2 amide bonds. The molecule has 0 heterocycles. The first-order chi connectivity index (χ1) is 19.4. The van der Waals surface area contributed by atoms with Gasteiger partial charge in [-0.3, -0.25) is 13.9 Å². The summed E-state index contributed by atoms with van der Waals surface area (Å²) in [6.45, 7) is 9.75. The van der Waals surface area contributed by atoms with Crippen molar-refractivity contribution in [2.24, 2.45) is 0 Å². The first-order valence-electron chi connectivity index (χ1n) is 14.2. The molecule has 0 radical (unpaired) electrons. The zero-order chi connectivity index (χ0) is 30.2. The molecular formula is C33H43N3O4S. The number of sulfonamides is 1. The third-order valence-electron chi connectivity index (χ3n) is 7.23. The Labute approximate surface area is 245 Å². The van der Waals surface area contributed by atoms with Crippen LogP contribution < -0.4 is 9.62 Å². The maximum atomic E-state index is 14.2. The number of nitrogens with zero attached hydrogens (tertiary/aromatic N) is 2. The van der Waals surface area contributed by atoms with Crippen LogP contribution in [0, 0.1) is 6.92 Å². The predicted octanol–water partition coefficient (Wildman–Crippen LogP) is 5.44. The summed E-state index contributed by atoms with van der Waals surface area (Å²) in [6.07, 6.45) is 2.13. The van der Waals surface area contributed by atoms with Gasteiger partial charge >= 0.3 is 0 Å². The lowest BCUT2D eigenvalue weighted by Crippen LogP contribution is -2.54. The molecule has 0 saturated carbocycles. The summed E-state index contributed by atoms with van der Waals surface area (Å²) >= 11 is 0. The molecule has 0 aromatic heterocycles. The smallest absolute Gasteiger partial charge is 0.244 e. The van der Waals surface area contributed by atoms with Crippen molar-refractivity contribution in [2.45, 2.75) is 72.0 Å². The summed E-state index contributed by atoms with van der Waals surface area (Å²) in [5.74, 6) is -0.438. The fraction of sp³-hybridized carbons (Fsp3) is 0.394. The lowest BCUT2D eigenvalue weighted by molar-refractivity contribution is -0.140. The number of carbonyl (C=O) groups is 2. The van der Waals surface area contributed by atoms with Gasteiger partial charge in [-0.1, -0.05) is 93.1 Å². The average molecular weight is 578 g/mol. The van der Waals surface area contributed by atoms with E-state index >= 15 is 0 Å². The first-order valence-corrected chi connectivity index (χ1v) is 16.0. The summed E-state index contributed by atoms with van der Waals surface area (Å²) in [5, 5.41) is 3.05. The van der Waals surface area contributed by atoms with Crippen molar-refractivity contribution in [1.29, 1.82) is 0 Å². The van der Waals surface area contributed by atoms with Crippen molar-refractivity contribution < 1.29 is 18.0 Å². The van der Waals surface area contributed by atoms with E-state index in [9.17, 15) is 18.0 Å². The number of hydrogen-bond acceptors (Lipinski definition) is 4. The molecule has 41 heavy (non-hydrogen) atoms. The Morgan fingerprint density at radius 2 is 1.51 bits per heavy atom. The molecule has 0 aliphatic carbocycles. The van der Waals surface area contributed by atoms with E-state index < -0.39 is 28.5 Å². The fourth-order valence-electron chi connectivity index (χ4n) is 4.64. The molecule has 0 saturated heterocycles. The summed E-state index contributed by atoms with van der Waals surface area (Å²) < 4.78 is 27.1. The molecule has 8 heteroatoms. The van der Waals surface area contributed by atoms with Gasteiger partial charge in [0.2, 0.25) is 21.8 Å². The molecule has 0 unspecified atom stereocenters. The van der Waals surface area contributed by atoms with Gasteiger partial charge in [0.15, 0.2) is 0 Å². The SMILES string of the molecule is CC[C@@H](C)NC(=O)[C@H](Cc1ccccc1)N(Cc1cccc(C)c1)C(=O)CN(c1ccc(C(C)C)cc1)S(C)(=O)=O. The van der Waals surface area contributed by atoms with Crippen LogP contribution in [0.1, 0.15) is 62.3 Å². The number of nitrogens with one attached hydrogen (secondary N) is 1. The topological polar surface area (TPSA) is 86.8 Å². The minimum Gasteiger partial charge on any atom is -0.352 e. The number of aryl methyl sites for hydroxylation is 1. The minimum absolute atomic E-state index is 0.0799. The third-order valence-corrected chi connectivity index (χ3v) is 8.38. The monoisotopic (exact) mass is 577 g/mol. The van der Waals surface area contributed by atoms with Gasteiger partial charge < -0.3 is 10.2 Å². The molecular weight excluding hydrogens is 534 g/mol. The Morgan fingerprint density at radius 1 is 0.878 bits per heavy atom. The maximum Gasteiger partial charge on any atom is 0.244 e. The number of benzene rings is 3. The Morgan fingerprint density at radius 3 is 2.07 bits per heavy atom. The largest absolute Gasteiger partial charge is 0.352 e. The second-order valence-corrected chi connectivity index (χ2v) is 13.0. The molecule has 0 aliphatic heterocycles. The molecule has 1 N–H and O–H groups in total. The zero-order valence-electron chi connectivity index (χ0n) is 25.0. The van der Waals surface area contributed by atoms with Gasteiger partial charge in [-0.15, -0.1) is 0 Å². The molecule has 0 aliphatic rings. The normalized spacial score (nSPS) is 13.0. The molecule has 3 rings (SSSR count). The van der Waals surface area contributed by atoms with Crippen molar-refractivity contribution in [2.75, 3.05) is 17.1 Å². The van der Waals surface area contributed by atoms with E-state index in [2.05, 4.69) is 19.2 Å². The minimum atomic E-state index is -3.80. The van der Waals surface area contributed by atoms with E-state index in [0.717, 1.165) is 39.2 Å². The lowest BCUT2D eigenvalue weighted by atomic mass is 10.0. The van der Waals surface area contributed by atoms with E-state index in [1.54, 1.807) is 12.1 Å². The zero-order valence-corrected chi connectivity index (χ0v) is 25.8. The predicted molar refractivity (Wildman–Crippen MR) is 166 cm³/mol. The van der Waals surface area contributed by atoms with Crippen LogP contribution in [0.4, 0.5) is 5.69 Å². The van der Waals surface area contributed by atoms with Gasteiger partial charge in [-0.2, -0.15) is 0 Å². The van der Waals surface area contributed by atoms with Gasteiger partial charge in [0.05, 0.1) is 11.9 Å². The van der Waals surface area contributed by atoms with E-state index in [1.807, 2.05) is 87.5 Å². The fourth-order valence-corrected chi connectivity index (χ4v) is 5.49. The molecule has 220 valence electrons. The number of anilines is 1. The van der Waals surface area contributed by atoms with Crippen LogP contribution in [-0.2, 0) is 32.6 Å². The highest BCUT2D eigenvalue weighted by Crippen LogP contribution is 2.23. The molecule has 0 bridgehead atoms. The second-order valence-electron chi connectivity index (χ2n) is 11.0. The van der Waals surface area contributed by atoms with Gasteiger partial charge in [0.25, 0.3) is 0 Å². The Bertz CT molecular complexity index is 1410. The van der Waals surface area contributed by atoms with Crippen molar-refractivity contribution in [3.05, 3.63) is 101 Å². The summed E-state index contributed by atoms with van der Waals surface area (Å²) in [7, 11) is -3.80. The summed E-state index contributed by atoms with van der Waals surface area (Å²) in [5.41, 5.74) is 4.27. The van der Waals surface area contributed by atoms with Crippen LogP contribution in [-0.4, -0.2) is 50.0 Å². The molecule has 3 aromatic rings. The van der Waals surface area contributed by atoms with Crippen molar-refractivity contribution in [3.63, 3.8) is 0 Å². The van der Waals surface area contributed by atoms with Gasteiger partial charge in [-0.05, 0) is 55.0 Å². The number of carbonyl (C=O) groups excluding carboxylic acids is 2. The van der Waals surface area contributed by atoms with E-state index in [4.69, 9.17) is 0 Å². The van der Waals surface area contributed by atoms with Crippen LogP contribution in [0.5, 0.6) is 0 Å². The highest BCUT2D eigenvalue weighted by atomic mass is 32.2. The summed E-state index contributed by atoms with van der Waals surface area (Å²) in [4.78, 5) is 29.4. The van der Waals surface area contributed by atoms with Crippen LogP contribution in [0.3, 0.4) is 0 Å². The third kappa shape index (κ3) is 9.18. The van der Waals surface area contributed by atoms with Gasteiger partial charge in [-0.25, -0.2) is 8.42 Å². The standard InChI is InChI=1S/C33H43N3O4S/c1-7-26(5)34-33(38)31(21-27-13-9-8-10-14-27)35(22-28-15-11-12-25(4)20-28)32(37)23-36(41(6,39)40)30-18-16-29(17-19-30)24(2)3/h8-20,24,26,31H,7,21-23H2,1-6H3,(H,34,38)/t26-,31+/m1/s1. The quantitative estimate of drug-likeness (QED) is 0.293. The van der Waals surface area contributed by atoms with E-state index in [0.29, 0.717) is 12.1 Å². The number of hydrogen-bond donors (Lipinski definition) is 1. The first kappa shape index (κ1) is 31.9. The van der Waals surface area contributed by atoms with Gasteiger partial charge in [0, 0.05) is 19.0 Å². The molecule has 3 aromatic carbocycles. The maximum absolute atomic E-state index is 14.2. The summed E-state index contributed by atoms with van der Waals surface area (Å²) in [6, 6.07) is 23.6. The molecule has 0 fully saturated rings. The van der Waals surface area contributed by atoms with E-state index in [1.165, 1.54) is 4.90 Å². The van der Waals surface area contributed by atoms with Gasteiger partial charge in [0.1, 0.15) is 12.6 Å². The molecule has 0 spiro atoms. The van der Waals surface area contributed by atoms with Crippen LogP contribution in [0.15, 0.2) is 78.9 Å². The van der Waals surface area contributed by atoms with Crippen LogP contribution in [0.2, 0.25) is 0 Å². The highest BCUT2D eigenvalue weighted by Gasteiger charge is 2.33. The molecule has 7 nitrogen and oxygen atoms in total. The van der Waals surface area contributed by atoms with Crippen LogP contribution >= 0.6 is 0 Å². The van der Waals surface area contributed by atoms with Crippen molar-refractivity contribution >= 4 is 27.5 Å². The Kier molecular flexibility index (Phi) is 11.1. The van der Waals surface area contributed by atoms with Crippen LogP contribution in [0.25, 0.3) is 0 Å². The Hall–Kier alpha value is -3.65. The average Bonchev–Trinajstić information content (AvgIpc) is 2.93. The highest BCUT2D eigenvalue weighted by molar-refractivity contribution is 7.92. The lowest BCUT2D eigenvalue weighted by Gasteiger charge is -2.34. The van der Waals surface area contributed by atoms with E-state index in [-0.39, 0.29) is 24.4 Å². The van der Waals surface area contributed by atoms with Crippen molar-refractivity contribution in [1.82, 2.24) is 10.2 Å². The van der Waals surface area contributed by atoms with Crippen molar-refractivity contribution in [3.8, 4) is 0 Å². The Balaban J connectivity index is 2.05. The number of rotatable bonds is 13.